The number of carboxylic acids is 1. The van der Waals surface area contributed by atoms with Crippen LogP contribution in [0, 0.1) is 5.41 Å². The first kappa shape index (κ1) is 29.1. The molecule has 0 aliphatic heterocycles. The van der Waals surface area contributed by atoms with Gasteiger partial charge in [-0.3, -0.25) is 9.78 Å². The number of thioether (sulfide) groups is 1. The van der Waals surface area contributed by atoms with E-state index in [0.717, 1.165) is 59.5 Å². The van der Waals surface area contributed by atoms with Gasteiger partial charge in [0.2, 0.25) is 0 Å². The first-order valence-corrected chi connectivity index (χ1v) is 15.0. The topological polar surface area (TPSA) is 70.4 Å². The quantitative estimate of drug-likeness (QED) is 0.227. The maximum Gasteiger partial charge on any atom is 0.303 e. The van der Waals surface area contributed by atoms with Crippen molar-refractivity contribution in [1.29, 1.82) is 0 Å². The van der Waals surface area contributed by atoms with Gasteiger partial charge in [0.25, 0.3) is 0 Å². The molecule has 0 bridgehead atoms. The van der Waals surface area contributed by atoms with Crippen molar-refractivity contribution in [2.24, 2.45) is 5.41 Å². The Bertz CT molecular complexity index is 1300. The summed E-state index contributed by atoms with van der Waals surface area (Å²) in [4.78, 5) is 16.2. The number of hydrogen-bond donors (Lipinski definition) is 2. The van der Waals surface area contributed by atoms with E-state index in [1.54, 1.807) is 0 Å². The lowest BCUT2D eigenvalue weighted by Crippen LogP contribution is -2.18. The lowest BCUT2D eigenvalue weighted by atomic mass is 9.90. The van der Waals surface area contributed by atoms with E-state index in [2.05, 4.69) is 68.5 Å². The Morgan fingerprint density at radius 3 is 2.49 bits per heavy atom. The van der Waals surface area contributed by atoms with Crippen LogP contribution in [0.3, 0.4) is 0 Å². The molecule has 1 atom stereocenters. The summed E-state index contributed by atoms with van der Waals surface area (Å²) in [7, 11) is 0. The van der Waals surface area contributed by atoms with Gasteiger partial charge in [0, 0.05) is 16.7 Å². The summed E-state index contributed by atoms with van der Waals surface area (Å²) in [6, 6.07) is 22.9. The van der Waals surface area contributed by atoms with Crippen molar-refractivity contribution in [3.63, 3.8) is 0 Å². The second-order valence-corrected chi connectivity index (χ2v) is 13.0. The van der Waals surface area contributed by atoms with Crippen LogP contribution in [0.15, 0.2) is 66.7 Å². The van der Waals surface area contributed by atoms with Gasteiger partial charge in [-0.1, -0.05) is 74.5 Å². The number of hydrogen-bond acceptors (Lipinski definition) is 4. The number of carbonyl (C=O) groups is 1. The van der Waals surface area contributed by atoms with Crippen molar-refractivity contribution in [1.82, 2.24) is 4.98 Å². The van der Waals surface area contributed by atoms with E-state index in [0.29, 0.717) is 5.92 Å². The van der Waals surface area contributed by atoms with Crippen LogP contribution < -0.4 is 0 Å². The molecular formula is C34H41NO3S. The number of aliphatic hydroxyl groups is 1. The molecule has 0 spiro atoms. The summed E-state index contributed by atoms with van der Waals surface area (Å²) < 4.78 is 0. The number of carboxylic acid groups (broad SMARTS) is 1. The van der Waals surface area contributed by atoms with E-state index in [1.165, 1.54) is 5.56 Å². The fourth-order valence-corrected chi connectivity index (χ4v) is 6.61. The molecule has 2 aromatic carbocycles. The van der Waals surface area contributed by atoms with Gasteiger partial charge in [-0.15, -0.1) is 0 Å². The van der Waals surface area contributed by atoms with Gasteiger partial charge in [-0.2, -0.15) is 11.8 Å². The molecule has 4 nitrogen and oxygen atoms in total. The number of rotatable bonds is 13. The van der Waals surface area contributed by atoms with Crippen LogP contribution in [0.5, 0.6) is 0 Å². The molecule has 39 heavy (non-hydrogen) atoms. The summed E-state index contributed by atoms with van der Waals surface area (Å²) in [5, 5.41) is 20.4. The van der Waals surface area contributed by atoms with E-state index < -0.39 is 11.6 Å². The number of nitrogens with zero attached hydrogens (tertiary/aromatic N) is 1. The Kier molecular flexibility index (Phi) is 9.35. The van der Waals surface area contributed by atoms with Gasteiger partial charge >= 0.3 is 5.97 Å². The molecule has 0 radical (unpaired) electrons. The van der Waals surface area contributed by atoms with Gasteiger partial charge in [-0.25, -0.2) is 0 Å². The summed E-state index contributed by atoms with van der Waals surface area (Å²) in [5.41, 5.74) is 5.57. The zero-order chi connectivity index (χ0) is 28.0. The minimum absolute atomic E-state index is 0.0651. The SMILES string of the molecule is CC(C)c1cccc(C=Cc2cccc(C(CCc3ccccc3C(C)(C)O)SCC3(CC(=O)O)CC3)c2)n1. The van der Waals surface area contributed by atoms with Crippen LogP contribution in [0.4, 0.5) is 0 Å². The minimum atomic E-state index is -0.898. The second kappa shape index (κ2) is 12.5. The average molecular weight is 544 g/mol. The second-order valence-electron chi connectivity index (χ2n) is 11.8. The zero-order valence-corrected chi connectivity index (χ0v) is 24.4. The van der Waals surface area contributed by atoms with E-state index in [9.17, 15) is 15.0 Å². The van der Waals surface area contributed by atoms with Crippen molar-refractivity contribution < 1.29 is 15.0 Å². The lowest BCUT2D eigenvalue weighted by molar-refractivity contribution is -0.138. The third kappa shape index (κ3) is 8.30. The van der Waals surface area contributed by atoms with Crippen molar-refractivity contribution in [3.8, 4) is 0 Å². The summed E-state index contributed by atoms with van der Waals surface area (Å²) in [5.74, 6) is 0.534. The van der Waals surface area contributed by atoms with E-state index in [4.69, 9.17) is 4.98 Å². The Morgan fingerprint density at radius 2 is 1.79 bits per heavy atom. The molecule has 2 N–H and O–H groups in total. The van der Waals surface area contributed by atoms with Gasteiger partial charge < -0.3 is 10.2 Å². The van der Waals surface area contributed by atoms with Crippen LogP contribution in [-0.2, 0) is 16.8 Å². The highest BCUT2D eigenvalue weighted by Crippen LogP contribution is 2.53. The van der Waals surface area contributed by atoms with Gasteiger partial charge in [0.1, 0.15) is 0 Å². The number of aryl methyl sites for hydroxylation is 1. The highest BCUT2D eigenvalue weighted by molar-refractivity contribution is 7.99. The Labute approximate surface area is 237 Å². The van der Waals surface area contributed by atoms with E-state index in [-0.39, 0.29) is 17.1 Å². The Hall–Kier alpha value is -2.89. The first-order valence-electron chi connectivity index (χ1n) is 13.9. The third-order valence-electron chi connectivity index (χ3n) is 7.54. The van der Waals surface area contributed by atoms with Gasteiger partial charge in [-0.05, 0) is 91.3 Å². The van der Waals surface area contributed by atoms with Crippen LogP contribution in [0.25, 0.3) is 12.2 Å². The first-order chi connectivity index (χ1) is 18.5. The Morgan fingerprint density at radius 1 is 1.05 bits per heavy atom. The standard InChI is InChI=1S/C34H41NO3S/c1-24(2)30-14-8-12-28(35-30)17-15-25-9-7-11-27(21-25)31(39-23-34(19-20-34)22-32(36)37)18-16-26-10-5-6-13-29(26)33(3,4)38/h5-15,17,21,24,31,38H,16,18-20,22-23H2,1-4H3,(H,36,37). The van der Waals surface area contributed by atoms with Crippen molar-refractivity contribution in [2.75, 3.05) is 5.75 Å². The van der Waals surface area contributed by atoms with Crippen LogP contribution in [0.2, 0.25) is 0 Å². The van der Waals surface area contributed by atoms with Gasteiger partial charge in [0.15, 0.2) is 0 Å². The van der Waals surface area contributed by atoms with Crippen LogP contribution >= 0.6 is 11.8 Å². The van der Waals surface area contributed by atoms with Crippen molar-refractivity contribution in [3.05, 3.63) is 100 Å². The van der Waals surface area contributed by atoms with E-state index in [1.807, 2.05) is 49.9 Å². The van der Waals surface area contributed by atoms with Crippen molar-refractivity contribution >= 4 is 29.9 Å². The monoisotopic (exact) mass is 543 g/mol. The molecule has 1 aliphatic rings. The Balaban J connectivity index is 1.55. The lowest BCUT2D eigenvalue weighted by Gasteiger charge is -2.24. The predicted molar refractivity (Wildman–Crippen MR) is 163 cm³/mol. The third-order valence-corrected chi connectivity index (χ3v) is 9.23. The normalized spacial score (nSPS) is 15.5. The molecule has 1 saturated carbocycles. The molecule has 206 valence electrons. The highest BCUT2D eigenvalue weighted by atomic mass is 32.2. The minimum Gasteiger partial charge on any atom is -0.481 e. The maximum atomic E-state index is 11.5. The largest absolute Gasteiger partial charge is 0.481 e. The highest BCUT2D eigenvalue weighted by Gasteiger charge is 2.44. The average Bonchev–Trinajstić information content (AvgIpc) is 3.66. The molecule has 4 rings (SSSR count). The maximum absolute atomic E-state index is 11.5. The van der Waals surface area contributed by atoms with Crippen LogP contribution in [-0.4, -0.2) is 26.9 Å². The van der Waals surface area contributed by atoms with Gasteiger partial charge in [0.05, 0.1) is 17.7 Å². The molecule has 1 heterocycles. The number of aliphatic carboxylic acids is 1. The molecule has 3 aromatic rings. The fraction of sp³-hybridized carbons (Fsp3) is 0.412. The zero-order valence-electron chi connectivity index (χ0n) is 23.6. The summed E-state index contributed by atoms with van der Waals surface area (Å²) in [6.07, 6.45) is 8.17. The molecule has 1 aliphatic carbocycles. The number of benzene rings is 2. The summed E-state index contributed by atoms with van der Waals surface area (Å²) in [6.45, 7) is 7.98. The van der Waals surface area contributed by atoms with Crippen LogP contribution in [0.1, 0.15) is 98.2 Å². The fourth-order valence-electron chi connectivity index (χ4n) is 5.04. The molecule has 1 unspecified atom stereocenters. The number of pyridine rings is 1. The molecule has 5 heteroatoms. The molecular weight excluding hydrogens is 502 g/mol. The smallest absolute Gasteiger partial charge is 0.303 e. The predicted octanol–water partition coefficient (Wildman–Crippen LogP) is 8.26. The molecule has 0 saturated heterocycles. The van der Waals surface area contributed by atoms with E-state index >= 15 is 0 Å². The molecule has 1 fully saturated rings. The molecule has 1 aromatic heterocycles. The summed E-state index contributed by atoms with van der Waals surface area (Å²) >= 11 is 1.88. The molecule has 0 amide bonds. The number of aromatic nitrogens is 1. The van der Waals surface area contributed by atoms with Crippen molar-refractivity contribution in [2.45, 2.75) is 76.6 Å².